The van der Waals surface area contributed by atoms with Crippen LogP contribution in [0.5, 0.6) is 0 Å². The maximum Gasteiger partial charge on any atom is 0.228 e. The molecule has 1 saturated carbocycles. The summed E-state index contributed by atoms with van der Waals surface area (Å²) in [5.41, 5.74) is 1.13. The van der Waals surface area contributed by atoms with Crippen molar-refractivity contribution in [2.75, 3.05) is 35.7 Å². The molecule has 1 aliphatic heterocycles. The van der Waals surface area contributed by atoms with Crippen molar-refractivity contribution in [1.29, 1.82) is 0 Å². The maximum absolute atomic E-state index is 12.0. The van der Waals surface area contributed by atoms with Crippen LogP contribution in [-0.4, -0.2) is 36.0 Å². The zero-order valence-electron chi connectivity index (χ0n) is 13.3. The van der Waals surface area contributed by atoms with Crippen LogP contribution >= 0.6 is 0 Å². The van der Waals surface area contributed by atoms with E-state index in [9.17, 15) is 4.79 Å². The van der Waals surface area contributed by atoms with Crippen molar-refractivity contribution in [1.82, 2.24) is 9.97 Å². The highest BCUT2D eigenvalue weighted by Gasteiger charge is 2.30. The van der Waals surface area contributed by atoms with Crippen molar-refractivity contribution < 1.29 is 4.79 Å². The zero-order chi connectivity index (χ0) is 15.8. The summed E-state index contributed by atoms with van der Waals surface area (Å²) in [6, 6.07) is 1.98. The number of carbonyl (C=O) groups is 1. The molecule has 6 nitrogen and oxygen atoms in total. The normalized spacial score (nSPS) is 17.5. The molecule has 23 heavy (non-hydrogen) atoms. The number of hydrogen-bond acceptors (Lipinski definition) is 5. The minimum atomic E-state index is 0.0856. The summed E-state index contributed by atoms with van der Waals surface area (Å²) in [5, 5.41) is 8.14. The summed E-state index contributed by atoms with van der Waals surface area (Å²) in [4.78, 5) is 23.3. The van der Waals surface area contributed by atoms with Gasteiger partial charge in [-0.1, -0.05) is 0 Å². The van der Waals surface area contributed by atoms with Crippen LogP contribution in [0.1, 0.15) is 25.7 Å². The van der Waals surface area contributed by atoms with Crippen LogP contribution in [0.4, 0.5) is 17.3 Å². The molecule has 0 atom stereocenters. The van der Waals surface area contributed by atoms with E-state index in [0.29, 0.717) is 5.82 Å². The molecule has 3 heterocycles. The average Bonchev–Trinajstić information content (AvgIpc) is 3.29. The topological polar surface area (TPSA) is 70.2 Å². The van der Waals surface area contributed by atoms with E-state index in [4.69, 9.17) is 0 Å². The Morgan fingerprint density at radius 2 is 1.96 bits per heavy atom. The minimum Gasteiger partial charge on any atom is -0.373 e. The molecule has 6 heteroatoms. The highest BCUT2D eigenvalue weighted by molar-refractivity contribution is 6.02. The van der Waals surface area contributed by atoms with Gasteiger partial charge in [-0.25, -0.2) is 9.97 Å². The second-order valence-corrected chi connectivity index (χ2v) is 6.31. The van der Waals surface area contributed by atoms with E-state index in [1.807, 2.05) is 19.3 Å². The molecule has 1 saturated heterocycles. The van der Waals surface area contributed by atoms with Gasteiger partial charge >= 0.3 is 0 Å². The van der Waals surface area contributed by atoms with Gasteiger partial charge in [0, 0.05) is 43.0 Å². The van der Waals surface area contributed by atoms with Crippen molar-refractivity contribution in [3.05, 3.63) is 18.5 Å². The summed E-state index contributed by atoms with van der Waals surface area (Å²) in [6.07, 6.45) is 8.14. The molecule has 0 radical (unpaired) electrons. The quantitative estimate of drug-likeness (QED) is 0.908. The molecule has 120 valence electrons. The Kier molecular flexibility index (Phi) is 3.52. The molecule has 0 spiro atoms. The summed E-state index contributed by atoms with van der Waals surface area (Å²) >= 11 is 0. The smallest absolute Gasteiger partial charge is 0.228 e. The van der Waals surface area contributed by atoms with E-state index >= 15 is 0 Å². The SMILES string of the molecule is CNc1ncc(N2CCCC2)c2cc(NC(=O)C3CC3)ncc12. The van der Waals surface area contributed by atoms with Crippen LogP contribution in [-0.2, 0) is 4.79 Å². The van der Waals surface area contributed by atoms with Gasteiger partial charge < -0.3 is 15.5 Å². The number of anilines is 3. The lowest BCUT2D eigenvalue weighted by Gasteiger charge is -2.20. The van der Waals surface area contributed by atoms with Gasteiger partial charge in [-0.3, -0.25) is 4.79 Å². The Hall–Kier alpha value is -2.37. The Bertz CT molecular complexity index is 750. The number of carbonyl (C=O) groups excluding carboxylic acids is 1. The number of pyridine rings is 2. The van der Waals surface area contributed by atoms with Crippen LogP contribution < -0.4 is 15.5 Å². The van der Waals surface area contributed by atoms with Crippen molar-refractivity contribution in [3.8, 4) is 0 Å². The van der Waals surface area contributed by atoms with E-state index in [1.165, 1.54) is 12.8 Å². The Labute approximate surface area is 135 Å². The first-order valence-corrected chi connectivity index (χ1v) is 8.28. The fraction of sp³-hybridized carbons (Fsp3) is 0.471. The molecule has 2 fully saturated rings. The number of nitrogens with zero attached hydrogens (tertiary/aromatic N) is 3. The molecule has 1 aliphatic carbocycles. The number of nitrogens with one attached hydrogen (secondary N) is 2. The lowest BCUT2D eigenvalue weighted by Crippen LogP contribution is -2.19. The molecule has 2 aromatic heterocycles. The minimum absolute atomic E-state index is 0.0856. The van der Waals surface area contributed by atoms with E-state index < -0.39 is 0 Å². The largest absolute Gasteiger partial charge is 0.373 e. The molecule has 0 bridgehead atoms. The second kappa shape index (κ2) is 5.68. The molecular formula is C17H21N5O. The van der Waals surface area contributed by atoms with Crippen molar-refractivity contribution in [2.45, 2.75) is 25.7 Å². The van der Waals surface area contributed by atoms with Gasteiger partial charge in [0.15, 0.2) is 0 Å². The Morgan fingerprint density at radius 1 is 1.17 bits per heavy atom. The molecule has 2 aliphatic rings. The van der Waals surface area contributed by atoms with Crippen LogP contribution in [0.3, 0.4) is 0 Å². The predicted molar refractivity (Wildman–Crippen MR) is 91.9 cm³/mol. The van der Waals surface area contributed by atoms with E-state index in [2.05, 4.69) is 25.5 Å². The molecule has 4 rings (SSSR count). The first-order valence-electron chi connectivity index (χ1n) is 8.28. The van der Waals surface area contributed by atoms with Crippen molar-refractivity contribution in [2.24, 2.45) is 5.92 Å². The number of rotatable bonds is 4. The Balaban J connectivity index is 1.76. The number of amides is 1. The standard InChI is InChI=1S/C17H21N5O/c1-18-16-13-9-19-15(21-17(23)11-4-5-11)8-12(13)14(10-20-16)22-6-2-3-7-22/h8-11H,2-7H2,1H3,(H,18,20)(H,19,21,23). The second-order valence-electron chi connectivity index (χ2n) is 6.31. The summed E-state index contributed by atoms with van der Waals surface area (Å²) < 4.78 is 0. The average molecular weight is 311 g/mol. The number of fused-ring (bicyclic) bond motifs is 1. The van der Waals surface area contributed by atoms with E-state index in [1.54, 1.807) is 6.20 Å². The number of aromatic nitrogens is 2. The molecule has 2 N–H and O–H groups in total. The van der Waals surface area contributed by atoms with Crippen LogP contribution in [0.25, 0.3) is 10.8 Å². The van der Waals surface area contributed by atoms with Gasteiger partial charge in [0.05, 0.1) is 11.9 Å². The third-order valence-electron chi connectivity index (χ3n) is 4.63. The van der Waals surface area contributed by atoms with Gasteiger partial charge in [0.25, 0.3) is 0 Å². The van der Waals surface area contributed by atoms with Gasteiger partial charge in [-0.05, 0) is 31.7 Å². The van der Waals surface area contributed by atoms with E-state index in [-0.39, 0.29) is 11.8 Å². The van der Waals surface area contributed by atoms with Crippen molar-refractivity contribution in [3.63, 3.8) is 0 Å². The molecule has 2 aromatic rings. The maximum atomic E-state index is 12.0. The van der Waals surface area contributed by atoms with Crippen LogP contribution in [0.2, 0.25) is 0 Å². The van der Waals surface area contributed by atoms with E-state index in [0.717, 1.165) is 48.2 Å². The highest BCUT2D eigenvalue weighted by Crippen LogP contribution is 2.34. The third kappa shape index (κ3) is 2.69. The Morgan fingerprint density at radius 3 is 2.65 bits per heavy atom. The molecule has 0 unspecified atom stereocenters. The monoisotopic (exact) mass is 311 g/mol. The summed E-state index contributed by atoms with van der Waals surface area (Å²) in [7, 11) is 1.86. The van der Waals surface area contributed by atoms with Gasteiger partial charge in [-0.15, -0.1) is 0 Å². The van der Waals surface area contributed by atoms with Gasteiger partial charge in [-0.2, -0.15) is 0 Å². The lowest BCUT2D eigenvalue weighted by molar-refractivity contribution is -0.117. The predicted octanol–water partition coefficient (Wildman–Crippen LogP) is 2.62. The third-order valence-corrected chi connectivity index (χ3v) is 4.63. The fourth-order valence-electron chi connectivity index (χ4n) is 3.17. The first kappa shape index (κ1) is 14.2. The van der Waals surface area contributed by atoms with Crippen LogP contribution in [0, 0.1) is 5.92 Å². The molecule has 1 amide bonds. The van der Waals surface area contributed by atoms with Crippen LogP contribution in [0.15, 0.2) is 18.5 Å². The lowest BCUT2D eigenvalue weighted by atomic mass is 10.1. The first-order chi connectivity index (χ1) is 11.3. The zero-order valence-corrected chi connectivity index (χ0v) is 13.3. The molecule has 0 aromatic carbocycles. The summed E-state index contributed by atoms with van der Waals surface area (Å²) in [6.45, 7) is 2.11. The molecular weight excluding hydrogens is 290 g/mol. The fourth-order valence-corrected chi connectivity index (χ4v) is 3.17. The summed E-state index contributed by atoms with van der Waals surface area (Å²) in [5.74, 6) is 1.71. The van der Waals surface area contributed by atoms with Crippen molar-refractivity contribution >= 4 is 34.0 Å². The number of hydrogen-bond donors (Lipinski definition) is 2. The van der Waals surface area contributed by atoms with Gasteiger partial charge in [0.2, 0.25) is 5.91 Å². The highest BCUT2D eigenvalue weighted by atomic mass is 16.2. The van der Waals surface area contributed by atoms with Gasteiger partial charge in [0.1, 0.15) is 11.6 Å².